The number of nitrogens with one attached hydrogen (secondary N) is 1. The number of aliphatic hydroxyl groups is 1. The van der Waals surface area contributed by atoms with Crippen LogP contribution in [0.4, 0.5) is 0 Å². The van der Waals surface area contributed by atoms with Crippen LogP contribution in [-0.2, 0) is 0 Å². The highest BCUT2D eigenvalue weighted by molar-refractivity contribution is 5.79. The predicted octanol–water partition coefficient (Wildman–Crippen LogP) is 0.836. The molecule has 0 heterocycles. The standard InChI is InChI=1S/C12H19N3O2/c13-12(15-17)7-4-8-14-11(9-16)10-5-2-1-3-6-10/h1-3,5-6,11,14,16-17H,4,7-9H2,(H2,13,15). The van der Waals surface area contributed by atoms with Gasteiger partial charge in [0.25, 0.3) is 0 Å². The second-order valence-corrected chi connectivity index (χ2v) is 3.79. The Morgan fingerprint density at radius 2 is 2.06 bits per heavy atom. The fourth-order valence-corrected chi connectivity index (χ4v) is 1.57. The summed E-state index contributed by atoms with van der Waals surface area (Å²) in [5, 5.41) is 23.8. The molecular formula is C12H19N3O2. The van der Waals surface area contributed by atoms with E-state index >= 15 is 0 Å². The van der Waals surface area contributed by atoms with Crippen LogP contribution < -0.4 is 11.1 Å². The minimum Gasteiger partial charge on any atom is -0.409 e. The molecule has 0 aliphatic rings. The first kappa shape index (κ1) is 13.5. The van der Waals surface area contributed by atoms with Crippen molar-refractivity contribution in [3.8, 4) is 0 Å². The molecule has 0 amide bonds. The van der Waals surface area contributed by atoms with Crippen molar-refractivity contribution >= 4 is 5.84 Å². The summed E-state index contributed by atoms with van der Waals surface area (Å²) in [5.41, 5.74) is 6.41. The molecular weight excluding hydrogens is 218 g/mol. The van der Waals surface area contributed by atoms with Gasteiger partial charge >= 0.3 is 0 Å². The molecule has 0 bridgehead atoms. The van der Waals surface area contributed by atoms with Crippen molar-refractivity contribution in [1.82, 2.24) is 5.32 Å². The molecule has 17 heavy (non-hydrogen) atoms. The summed E-state index contributed by atoms with van der Waals surface area (Å²) in [6.07, 6.45) is 1.30. The van der Waals surface area contributed by atoms with E-state index < -0.39 is 0 Å². The van der Waals surface area contributed by atoms with Crippen LogP contribution >= 0.6 is 0 Å². The van der Waals surface area contributed by atoms with Gasteiger partial charge in [-0.05, 0) is 18.5 Å². The third-order valence-electron chi connectivity index (χ3n) is 2.51. The number of hydrogen-bond donors (Lipinski definition) is 4. The second kappa shape index (κ2) is 7.65. The smallest absolute Gasteiger partial charge is 0.139 e. The highest BCUT2D eigenvalue weighted by Gasteiger charge is 2.08. The van der Waals surface area contributed by atoms with Crippen LogP contribution in [0.2, 0.25) is 0 Å². The van der Waals surface area contributed by atoms with Gasteiger partial charge in [0.15, 0.2) is 0 Å². The molecule has 1 unspecified atom stereocenters. The van der Waals surface area contributed by atoms with Crippen molar-refractivity contribution in [2.45, 2.75) is 18.9 Å². The zero-order valence-corrected chi connectivity index (χ0v) is 9.71. The Balaban J connectivity index is 2.34. The molecule has 0 aliphatic heterocycles. The van der Waals surface area contributed by atoms with Crippen LogP contribution in [0.5, 0.6) is 0 Å². The van der Waals surface area contributed by atoms with Crippen LogP contribution in [-0.4, -0.2) is 29.3 Å². The molecule has 0 radical (unpaired) electrons. The molecule has 0 saturated heterocycles. The van der Waals surface area contributed by atoms with Gasteiger partial charge in [-0.3, -0.25) is 0 Å². The lowest BCUT2D eigenvalue weighted by Crippen LogP contribution is -2.26. The number of aliphatic hydroxyl groups excluding tert-OH is 1. The van der Waals surface area contributed by atoms with Crippen molar-refractivity contribution in [2.24, 2.45) is 10.9 Å². The quantitative estimate of drug-likeness (QED) is 0.186. The number of benzene rings is 1. The molecule has 5 heteroatoms. The molecule has 94 valence electrons. The number of nitrogens with zero attached hydrogens (tertiary/aromatic N) is 1. The average molecular weight is 237 g/mol. The summed E-state index contributed by atoms with van der Waals surface area (Å²) in [7, 11) is 0. The third-order valence-corrected chi connectivity index (χ3v) is 2.51. The zero-order valence-electron chi connectivity index (χ0n) is 9.71. The molecule has 1 aromatic carbocycles. The highest BCUT2D eigenvalue weighted by atomic mass is 16.4. The van der Waals surface area contributed by atoms with Crippen LogP contribution in [0, 0.1) is 0 Å². The number of amidine groups is 1. The van der Waals surface area contributed by atoms with E-state index in [2.05, 4.69) is 10.5 Å². The molecule has 1 aromatic rings. The summed E-state index contributed by atoms with van der Waals surface area (Å²) in [6.45, 7) is 0.754. The third kappa shape index (κ3) is 4.84. The van der Waals surface area contributed by atoms with Gasteiger partial charge in [-0.2, -0.15) is 0 Å². The SMILES string of the molecule is NC(CCCNC(CO)c1ccccc1)=NO. The van der Waals surface area contributed by atoms with Crippen molar-refractivity contribution in [1.29, 1.82) is 0 Å². The number of nitrogens with two attached hydrogens (primary N) is 1. The predicted molar refractivity (Wildman–Crippen MR) is 66.9 cm³/mol. The number of hydrogen-bond acceptors (Lipinski definition) is 4. The van der Waals surface area contributed by atoms with Crippen molar-refractivity contribution in [3.63, 3.8) is 0 Å². The zero-order chi connectivity index (χ0) is 12.5. The molecule has 0 aliphatic carbocycles. The molecule has 0 fully saturated rings. The maximum Gasteiger partial charge on any atom is 0.139 e. The average Bonchev–Trinajstić information content (AvgIpc) is 2.39. The van der Waals surface area contributed by atoms with E-state index in [-0.39, 0.29) is 18.5 Å². The number of oxime groups is 1. The molecule has 5 nitrogen and oxygen atoms in total. The van der Waals surface area contributed by atoms with Gasteiger partial charge in [0.05, 0.1) is 12.6 Å². The van der Waals surface area contributed by atoms with Crippen LogP contribution in [0.25, 0.3) is 0 Å². The summed E-state index contributed by atoms with van der Waals surface area (Å²) in [6, 6.07) is 9.70. The topological polar surface area (TPSA) is 90.9 Å². The molecule has 0 saturated carbocycles. The summed E-state index contributed by atoms with van der Waals surface area (Å²) in [4.78, 5) is 0. The lowest BCUT2D eigenvalue weighted by Gasteiger charge is -2.16. The van der Waals surface area contributed by atoms with E-state index in [1.165, 1.54) is 0 Å². The fourth-order valence-electron chi connectivity index (χ4n) is 1.57. The van der Waals surface area contributed by atoms with Gasteiger partial charge in [0.1, 0.15) is 5.84 Å². The van der Waals surface area contributed by atoms with Crippen molar-refractivity contribution < 1.29 is 10.3 Å². The Hall–Kier alpha value is -1.59. The lowest BCUT2D eigenvalue weighted by atomic mass is 10.1. The lowest BCUT2D eigenvalue weighted by molar-refractivity contribution is 0.244. The van der Waals surface area contributed by atoms with E-state index in [4.69, 9.17) is 10.9 Å². The summed E-state index contributed by atoms with van der Waals surface area (Å²) >= 11 is 0. The Labute approximate surface area is 101 Å². The fraction of sp³-hybridized carbons (Fsp3) is 0.417. The summed E-state index contributed by atoms with van der Waals surface area (Å²) in [5.74, 6) is 0.229. The van der Waals surface area contributed by atoms with Crippen LogP contribution in [0.1, 0.15) is 24.4 Å². The molecule has 1 atom stereocenters. The van der Waals surface area contributed by atoms with Crippen molar-refractivity contribution in [2.75, 3.05) is 13.2 Å². The molecule has 0 spiro atoms. The minimum atomic E-state index is -0.0662. The Bertz CT molecular complexity index is 341. The first-order valence-electron chi connectivity index (χ1n) is 5.63. The van der Waals surface area contributed by atoms with Gasteiger partial charge in [-0.25, -0.2) is 0 Å². The van der Waals surface area contributed by atoms with E-state index in [9.17, 15) is 5.11 Å². The largest absolute Gasteiger partial charge is 0.409 e. The van der Waals surface area contributed by atoms with E-state index in [1.54, 1.807) is 0 Å². The Morgan fingerprint density at radius 1 is 1.35 bits per heavy atom. The molecule has 5 N–H and O–H groups in total. The Morgan fingerprint density at radius 3 is 2.65 bits per heavy atom. The molecule has 0 aromatic heterocycles. The van der Waals surface area contributed by atoms with Crippen LogP contribution in [0.3, 0.4) is 0 Å². The maximum atomic E-state index is 9.28. The van der Waals surface area contributed by atoms with Crippen LogP contribution in [0.15, 0.2) is 35.5 Å². The normalized spacial score (nSPS) is 13.6. The van der Waals surface area contributed by atoms with Crippen molar-refractivity contribution in [3.05, 3.63) is 35.9 Å². The van der Waals surface area contributed by atoms with Gasteiger partial charge in [0.2, 0.25) is 0 Å². The second-order valence-electron chi connectivity index (χ2n) is 3.79. The number of rotatable bonds is 7. The molecule has 1 rings (SSSR count). The highest BCUT2D eigenvalue weighted by Crippen LogP contribution is 2.11. The minimum absolute atomic E-state index is 0.0492. The summed E-state index contributed by atoms with van der Waals surface area (Å²) < 4.78 is 0. The Kier molecular flexibility index (Phi) is 6.06. The first-order chi connectivity index (χ1) is 8.27. The van der Waals surface area contributed by atoms with Gasteiger partial charge < -0.3 is 21.4 Å². The van der Waals surface area contributed by atoms with E-state index in [1.807, 2.05) is 30.3 Å². The maximum absolute atomic E-state index is 9.28. The van der Waals surface area contributed by atoms with E-state index in [0.717, 1.165) is 12.0 Å². The monoisotopic (exact) mass is 237 g/mol. The van der Waals surface area contributed by atoms with Gasteiger partial charge in [0, 0.05) is 6.42 Å². The van der Waals surface area contributed by atoms with Gasteiger partial charge in [-0.1, -0.05) is 35.5 Å². The van der Waals surface area contributed by atoms with E-state index in [0.29, 0.717) is 13.0 Å². The first-order valence-corrected chi connectivity index (χ1v) is 5.63. The van der Waals surface area contributed by atoms with Gasteiger partial charge in [-0.15, -0.1) is 0 Å².